The zero-order valence-corrected chi connectivity index (χ0v) is 15.3. The summed E-state index contributed by atoms with van der Waals surface area (Å²) in [6.45, 7) is 12.9. The average molecular weight is 304 g/mol. The van der Waals surface area contributed by atoms with Gasteiger partial charge in [-0.2, -0.15) is 0 Å². The first kappa shape index (κ1) is 19.2. The first-order chi connectivity index (χ1) is 10.6. The summed E-state index contributed by atoms with van der Waals surface area (Å²) in [5, 5.41) is 0. The van der Waals surface area contributed by atoms with E-state index in [9.17, 15) is 0 Å². The van der Waals surface area contributed by atoms with E-state index in [-0.39, 0.29) is 0 Å². The van der Waals surface area contributed by atoms with Gasteiger partial charge in [-0.05, 0) is 43.1 Å². The summed E-state index contributed by atoms with van der Waals surface area (Å²) in [7, 11) is 0. The maximum absolute atomic E-state index is 6.07. The highest BCUT2D eigenvalue weighted by Gasteiger charge is 2.23. The fourth-order valence-electron chi connectivity index (χ4n) is 3.20. The van der Waals surface area contributed by atoms with E-state index in [4.69, 9.17) is 4.74 Å². The zero-order valence-electron chi connectivity index (χ0n) is 15.3. The van der Waals surface area contributed by atoms with Gasteiger partial charge in [0.15, 0.2) is 0 Å². The molecule has 0 aromatic heterocycles. The van der Waals surface area contributed by atoms with E-state index in [2.05, 4.69) is 58.9 Å². The highest BCUT2D eigenvalue weighted by Crippen LogP contribution is 2.31. The van der Waals surface area contributed by atoms with Gasteiger partial charge in [0, 0.05) is 0 Å². The molecule has 2 atom stereocenters. The van der Waals surface area contributed by atoms with Crippen LogP contribution in [0.25, 0.3) is 0 Å². The van der Waals surface area contributed by atoms with Gasteiger partial charge in [0.05, 0.1) is 13.2 Å². The molecule has 1 rings (SSSR count). The Labute approximate surface area is 138 Å². The number of aryl methyl sites for hydroxylation is 1. The Morgan fingerprint density at radius 3 is 2.23 bits per heavy atom. The lowest BCUT2D eigenvalue weighted by Crippen LogP contribution is -2.24. The van der Waals surface area contributed by atoms with Gasteiger partial charge in [0.2, 0.25) is 0 Å². The van der Waals surface area contributed by atoms with Crippen LogP contribution in [-0.4, -0.2) is 6.61 Å². The molecule has 1 radical (unpaired) electrons. The lowest BCUT2D eigenvalue weighted by Gasteiger charge is -2.30. The number of hydrogen-bond acceptors (Lipinski definition) is 1. The van der Waals surface area contributed by atoms with Gasteiger partial charge in [-0.25, -0.2) is 0 Å². The average Bonchev–Trinajstić information content (AvgIpc) is 2.49. The largest absolute Gasteiger partial charge is 0.376 e. The summed E-state index contributed by atoms with van der Waals surface area (Å²) in [5.74, 6) is 2.97. The molecule has 0 N–H and O–H groups in total. The molecular weight excluding hydrogens is 268 g/mol. The number of benzene rings is 1. The summed E-state index contributed by atoms with van der Waals surface area (Å²) in [4.78, 5) is 0. The lowest BCUT2D eigenvalue weighted by atomic mass is 9.78. The third-order valence-electron chi connectivity index (χ3n) is 4.56. The van der Waals surface area contributed by atoms with Crippen LogP contribution < -0.4 is 0 Å². The second-order valence-corrected chi connectivity index (χ2v) is 6.88. The van der Waals surface area contributed by atoms with Crippen molar-refractivity contribution in [2.24, 2.45) is 11.8 Å². The molecule has 1 nitrogen and oxygen atoms in total. The van der Waals surface area contributed by atoms with E-state index >= 15 is 0 Å². The van der Waals surface area contributed by atoms with Crippen molar-refractivity contribution in [1.29, 1.82) is 0 Å². The highest BCUT2D eigenvalue weighted by molar-refractivity contribution is 5.20. The Bertz CT molecular complexity index is 379. The molecule has 0 aliphatic carbocycles. The molecule has 125 valence electrons. The molecule has 0 saturated carbocycles. The molecule has 0 aliphatic heterocycles. The van der Waals surface area contributed by atoms with Gasteiger partial charge in [0.1, 0.15) is 0 Å². The number of unbranched alkanes of at least 4 members (excludes halogenated alkanes) is 1. The molecular formula is C21H35O. The van der Waals surface area contributed by atoms with Crippen molar-refractivity contribution >= 4 is 0 Å². The van der Waals surface area contributed by atoms with Crippen molar-refractivity contribution in [2.45, 2.75) is 73.3 Å². The smallest absolute Gasteiger partial charge is 0.0717 e. The van der Waals surface area contributed by atoms with E-state index in [1.807, 2.05) is 0 Å². The van der Waals surface area contributed by atoms with Crippen LogP contribution in [0.2, 0.25) is 0 Å². The van der Waals surface area contributed by atoms with Crippen molar-refractivity contribution in [3.63, 3.8) is 0 Å². The molecule has 0 spiro atoms. The fraction of sp³-hybridized carbons (Fsp3) is 0.667. The van der Waals surface area contributed by atoms with Gasteiger partial charge < -0.3 is 4.74 Å². The van der Waals surface area contributed by atoms with E-state index in [0.717, 1.165) is 19.1 Å². The van der Waals surface area contributed by atoms with Gasteiger partial charge in [0.25, 0.3) is 0 Å². The summed E-state index contributed by atoms with van der Waals surface area (Å²) >= 11 is 0. The van der Waals surface area contributed by atoms with Crippen LogP contribution in [0.5, 0.6) is 0 Å². The minimum Gasteiger partial charge on any atom is -0.376 e. The lowest BCUT2D eigenvalue weighted by molar-refractivity contribution is 0.0619. The third kappa shape index (κ3) is 6.96. The molecule has 0 heterocycles. The molecule has 1 aromatic rings. The Morgan fingerprint density at radius 2 is 1.68 bits per heavy atom. The maximum atomic E-state index is 6.07. The molecule has 2 unspecified atom stereocenters. The van der Waals surface area contributed by atoms with E-state index in [1.165, 1.54) is 43.2 Å². The fourth-order valence-corrected chi connectivity index (χ4v) is 3.20. The number of ether oxygens (including phenoxy) is 1. The zero-order chi connectivity index (χ0) is 16.4. The molecule has 0 bridgehead atoms. The molecule has 0 fully saturated rings. The molecule has 22 heavy (non-hydrogen) atoms. The Balaban J connectivity index is 2.52. The first-order valence-electron chi connectivity index (χ1n) is 9.01. The minimum absolute atomic E-state index is 0.673. The second kappa shape index (κ2) is 10.8. The van der Waals surface area contributed by atoms with Crippen LogP contribution >= 0.6 is 0 Å². The number of rotatable bonds is 11. The predicted molar refractivity (Wildman–Crippen MR) is 96.8 cm³/mol. The quantitative estimate of drug-likeness (QED) is 0.463. The monoisotopic (exact) mass is 303 g/mol. The van der Waals surface area contributed by atoms with E-state index < -0.39 is 0 Å². The van der Waals surface area contributed by atoms with Gasteiger partial charge in [-0.1, -0.05) is 76.8 Å². The highest BCUT2D eigenvalue weighted by atomic mass is 16.5. The molecule has 1 aromatic carbocycles. The van der Waals surface area contributed by atoms with Crippen molar-refractivity contribution in [2.75, 3.05) is 6.61 Å². The van der Waals surface area contributed by atoms with Crippen LogP contribution in [-0.2, 0) is 11.3 Å². The van der Waals surface area contributed by atoms with Crippen molar-refractivity contribution < 1.29 is 4.74 Å². The van der Waals surface area contributed by atoms with Crippen LogP contribution in [0.15, 0.2) is 24.3 Å². The Kier molecular flexibility index (Phi) is 9.47. The van der Waals surface area contributed by atoms with Gasteiger partial charge in [-0.15, -0.1) is 0 Å². The standard InChI is InChI=1S/C21H35O/c1-6-8-10-21(17(3)4)20(9-7-2)16-22-15-19-13-11-18(5)12-14-19/h11-14,20-21H,6-10,15-16H2,1-5H3. The molecule has 1 heteroatoms. The SMILES string of the molecule is CCCCC([C](C)C)C(CCC)COCc1ccc(C)cc1. The molecule has 0 amide bonds. The van der Waals surface area contributed by atoms with E-state index in [1.54, 1.807) is 5.92 Å². The summed E-state index contributed by atoms with van der Waals surface area (Å²) in [5.41, 5.74) is 2.59. The maximum Gasteiger partial charge on any atom is 0.0717 e. The molecule has 0 saturated heterocycles. The predicted octanol–water partition coefficient (Wildman–Crippen LogP) is 6.35. The minimum atomic E-state index is 0.673. The van der Waals surface area contributed by atoms with Crippen LogP contribution in [0, 0.1) is 24.7 Å². The normalized spacial score (nSPS) is 14.3. The summed E-state index contributed by atoms with van der Waals surface area (Å²) in [6.07, 6.45) is 6.44. The number of hydrogen-bond donors (Lipinski definition) is 0. The Morgan fingerprint density at radius 1 is 1.00 bits per heavy atom. The van der Waals surface area contributed by atoms with Crippen LogP contribution in [0.1, 0.15) is 70.9 Å². The van der Waals surface area contributed by atoms with Crippen molar-refractivity contribution in [3.8, 4) is 0 Å². The van der Waals surface area contributed by atoms with Crippen LogP contribution in [0.4, 0.5) is 0 Å². The van der Waals surface area contributed by atoms with Crippen LogP contribution in [0.3, 0.4) is 0 Å². The van der Waals surface area contributed by atoms with E-state index in [0.29, 0.717) is 5.92 Å². The molecule has 0 aliphatic rings. The summed E-state index contributed by atoms with van der Waals surface area (Å²) in [6, 6.07) is 8.68. The van der Waals surface area contributed by atoms with Crippen molar-refractivity contribution in [1.82, 2.24) is 0 Å². The van der Waals surface area contributed by atoms with Crippen molar-refractivity contribution in [3.05, 3.63) is 41.3 Å². The first-order valence-corrected chi connectivity index (χ1v) is 9.01. The second-order valence-electron chi connectivity index (χ2n) is 6.88. The third-order valence-corrected chi connectivity index (χ3v) is 4.56. The Hall–Kier alpha value is -0.820. The van der Waals surface area contributed by atoms with Gasteiger partial charge in [-0.3, -0.25) is 0 Å². The topological polar surface area (TPSA) is 9.23 Å². The summed E-state index contributed by atoms with van der Waals surface area (Å²) < 4.78 is 6.07. The van der Waals surface area contributed by atoms with Gasteiger partial charge >= 0.3 is 0 Å².